The zero-order valence-corrected chi connectivity index (χ0v) is 15.6. The quantitative estimate of drug-likeness (QED) is 0.589. The minimum atomic E-state index is -0.108. The summed E-state index contributed by atoms with van der Waals surface area (Å²) >= 11 is 6.71. The standard InChI is InChI=1S/C19H15NO4S2/c1-22-14-5-3-2-4-13(14)9-17-18(21)20(19(25)26-17)10-12-6-7-15-16(8-12)24-11-23-15/h2-9H,10-11H2,1H3/b17-9-. The third-order valence-electron chi connectivity index (χ3n) is 4.08. The van der Waals surface area contributed by atoms with Gasteiger partial charge in [0, 0.05) is 5.56 Å². The third kappa shape index (κ3) is 3.15. The Morgan fingerprint density at radius 1 is 1.23 bits per heavy atom. The Morgan fingerprint density at radius 2 is 2.04 bits per heavy atom. The number of rotatable bonds is 4. The van der Waals surface area contributed by atoms with Gasteiger partial charge in [0.25, 0.3) is 5.91 Å². The number of amides is 1. The summed E-state index contributed by atoms with van der Waals surface area (Å²) in [6, 6.07) is 13.2. The van der Waals surface area contributed by atoms with E-state index in [1.165, 1.54) is 11.8 Å². The molecule has 0 radical (unpaired) electrons. The zero-order chi connectivity index (χ0) is 18.1. The number of para-hydroxylation sites is 1. The van der Waals surface area contributed by atoms with E-state index in [0.717, 1.165) is 16.9 Å². The summed E-state index contributed by atoms with van der Waals surface area (Å²) in [7, 11) is 1.61. The summed E-state index contributed by atoms with van der Waals surface area (Å²) < 4.78 is 16.6. The number of thiocarbonyl (C=S) groups is 1. The van der Waals surface area contributed by atoms with Gasteiger partial charge in [-0.3, -0.25) is 9.69 Å². The molecule has 0 N–H and O–H groups in total. The fraction of sp³-hybridized carbons (Fsp3) is 0.158. The number of benzene rings is 2. The highest BCUT2D eigenvalue weighted by molar-refractivity contribution is 8.26. The van der Waals surface area contributed by atoms with Crippen molar-refractivity contribution in [3.05, 3.63) is 58.5 Å². The van der Waals surface area contributed by atoms with Gasteiger partial charge in [0.1, 0.15) is 10.1 Å². The summed E-state index contributed by atoms with van der Waals surface area (Å²) in [6.07, 6.45) is 1.82. The first kappa shape index (κ1) is 16.9. The van der Waals surface area contributed by atoms with Crippen LogP contribution in [-0.2, 0) is 11.3 Å². The molecule has 2 aliphatic heterocycles. The number of hydrogen-bond donors (Lipinski definition) is 0. The first-order valence-corrected chi connectivity index (χ1v) is 9.15. The van der Waals surface area contributed by atoms with E-state index in [1.807, 2.05) is 48.5 Å². The number of methoxy groups -OCH3 is 1. The predicted molar refractivity (Wildman–Crippen MR) is 104 cm³/mol. The third-order valence-corrected chi connectivity index (χ3v) is 5.45. The summed E-state index contributed by atoms with van der Waals surface area (Å²) in [4.78, 5) is 15.0. The monoisotopic (exact) mass is 385 g/mol. The molecule has 2 heterocycles. The van der Waals surface area contributed by atoms with E-state index in [4.69, 9.17) is 26.4 Å². The number of nitrogens with zero attached hydrogens (tertiary/aromatic N) is 1. The van der Waals surface area contributed by atoms with Crippen LogP contribution in [0.3, 0.4) is 0 Å². The average Bonchev–Trinajstić information content (AvgIpc) is 3.22. The zero-order valence-electron chi connectivity index (χ0n) is 13.9. The van der Waals surface area contributed by atoms with Crippen LogP contribution in [0.1, 0.15) is 11.1 Å². The van der Waals surface area contributed by atoms with Crippen LogP contribution in [0, 0.1) is 0 Å². The number of hydrogen-bond acceptors (Lipinski definition) is 6. The topological polar surface area (TPSA) is 48.0 Å². The summed E-state index contributed by atoms with van der Waals surface area (Å²) in [5.74, 6) is 2.02. The molecular formula is C19H15NO4S2. The Hall–Kier alpha value is -2.51. The number of ether oxygens (including phenoxy) is 3. The average molecular weight is 385 g/mol. The van der Waals surface area contributed by atoms with Crippen LogP contribution in [0.25, 0.3) is 6.08 Å². The lowest BCUT2D eigenvalue weighted by atomic mass is 10.1. The molecule has 0 unspecified atom stereocenters. The first-order chi connectivity index (χ1) is 12.7. The molecule has 4 rings (SSSR count). The first-order valence-electron chi connectivity index (χ1n) is 7.92. The smallest absolute Gasteiger partial charge is 0.266 e. The highest BCUT2D eigenvalue weighted by Gasteiger charge is 2.32. The van der Waals surface area contributed by atoms with Gasteiger partial charge in [0.05, 0.1) is 18.6 Å². The number of fused-ring (bicyclic) bond motifs is 1. The van der Waals surface area contributed by atoms with Gasteiger partial charge >= 0.3 is 0 Å². The Kier molecular flexibility index (Phi) is 4.57. The van der Waals surface area contributed by atoms with Crippen molar-refractivity contribution in [2.75, 3.05) is 13.9 Å². The van der Waals surface area contributed by atoms with E-state index in [1.54, 1.807) is 12.0 Å². The van der Waals surface area contributed by atoms with Crippen LogP contribution >= 0.6 is 24.0 Å². The van der Waals surface area contributed by atoms with Crippen LogP contribution in [0.5, 0.6) is 17.2 Å². The molecule has 0 aliphatic carbocycles. The van der Waals surface area contributed by atoms with Crippen LogP contribution in [0.15, 0.2) is 47.4 Å². The fourth-order valence-corrected chi connectivity index (χ4v) is 4.03. The van der Waals surface area contributed by atoms with Gasteiger partial charge < -0.3 is 14.2 Å². The molecular weight excluding hydrogens is 370 g/mol. The van der Waals surface area contributed by atoms with Gasteiger partial charge in [-0.2, -0.15) is 0 Å². The van der Waals surface area contributed by atoms with Gasteiger partial charge in [-0.1, -0.05) is 48.2 Å². The molecule has 1 fully saturated rings. The van der Waals surface area contributed by atoms with Crippen LogP contribution in [-0.4, -0.2) is 29.0 Å². The SMILES string of the molecule is COc1ccccc1/C=C1\SC(=S)N(Cc2ccc3c(c2)OCO3)C1=O. The lowest BCUT2D eigenvalue weighted by Crippen LogP contribution is -2.27. The summed E-state index contributed by atoms with van der Waals surface area (Å²) in [5.41, 5.74) is 1.78. The lowest BCUT2D eigenvalue weighted by Gasteiger charge is -2.14. The highest BCUT2D eigenvalue weighted by Crippen LogP contribution is 2.37. The molecule has 1 saturated heterocycles. The molecule has 1 amide bonds. The summed E-state index contributed by atoms with van der Waals surface area (Å²) in [5, 5.41) is 0. The Bertz CT molecular complexity index is 926. The second-order valence-corrected chi connectivity index (χ2v) is 7.37. The molecule has 2 aromatic rings. The van der Waals surface area contributed by atoms with Gasteiger partial charge in [-0.05, 0) is 29.8 Å². The maximum absolute atomic E-state index is 12.8. The van der Waals surface area contributed by atoms with Crippen molar-refractivity contribution in [1.29, 1.82) is 0 Å². The fourth-order valence-electron chi connectivity index (χ4n) is 2.79. The normalized spacial score (nSPS) is 17.3. The highest BCUT2D eigenvalue weighted by atomic mass is 32.2. The van der Waals surface area contributed by atoms with Crippen LogP contribution < -0.4 is 14.2 Å². The minimum Gasteiger partial charge on any atom is -0.496 e. The molecule has 0 aromatic heterocycles. The van der Waals surface area contributed by atoms with Gasteiger partial charge in [-0.15, -0.1) is 0 Å². The van der Waals surface area contributed by atoms with Crippen molar-refractivity contribution in [2.24, 2.45) is 0 Å². The van der Waals surface area contributed by atoms with Gasteiger partial charge in [0.2, 0.25) is 6.79 Å². The molecule has 7 heteroatoms. The molecule has 0 atom stereocenters. The van der Waals surface area contributed by atoms with E-state index in [0.29, 0.717) is 27.3 Å². The van der Waals surface area contributed by atoms with Crippen molar-refractivity contribution < 1.29 is 19.0 Å². The second-order valence-electron chi connectivity index (χ2n) is 5.70. The van der Waals surface area contributed by atoms with Crippen molar-refractivity contribution in [1.82, 2.24) is 4.90 Å². The lowest BCUT2D eigenvalue weighted by molar-refractivity contribution is -0.122. The largest absolute Gasteiger partial charge is 0.496 e. The van der Waals surface area contributed by atoms with E-state index < -0.39 is 0 Å². The van der Waals surface area contributed by atoms with E-state index in [-0.39, 0.29) is 12.7 Å². The molecule has 0 saturated carbocycles. The Balaban J connectivity index is 1.56. The number of thioether (sulfide) groups is 1. The Labute approximate surface area is 160 Å². The maximum Gasteiger partial charge on any atom is 0.266 e. The molecule has 26 heavy (non-hydrogen) atoms. The van der Waals surface area contributed by atoms with Crippen LogP contribution in [0.2, 0.25) is 0 Å². The predicted octanol–water partition coefficient (Wildman–Crippen LogP) is 3.83. The molecule has 2 aliphatic rings. The molecule has 2 aromatic carbocycles. The Morgan fingerprint density at radius 3 is 2.88 bits per heavy atom. The molecule has 132 valence electrons. The second kappa shape index (κ2) is 7.01. The van der Waals surface area contributed by atoms with E-state index >= 15 is 0 Å². The van der Waals surface area contributed by atoms with Gasteiger partial charge in [0.15, 0.2) is 11.5 Å². The van der Waals surface area contributed by atoms with Crippen molar-refractivity contribution in [3.8, 4) is 17.2 Å². The summed E-state index contributed by atoms with van der Waals surface area (Å²) in [6.45, 7) is 0.617. The number of carbonyl (C=O) groups excluding carboxylic acids is 1. The van der Waals surface area contributed by atoms with E-state index in [2.05, 4.69) is 0 Å². The van der Waals surface area contributed by atoms with Crippen molar-refractivity contribution >= 4 is 40.3 Å². The van der Waals surface area contributed by atoms with Gasteiger partial charge in [-0.25, -0.2) is 0 Å². The minimum absolute atomic E-state index is 0.108. The molecule has 0 spiro atoms. The molecule has 0 bridgehead atoms. The number of carbonyl (C=O) groups is 1. The van der Waals surface area contributed by atoms with Crippen molar-refractivity contribution in [3.63, 3.8) is 0 Å². The molecule has 5 nitrogen and oxygen atoms in total. The van der Waals surface area contributed by atoms with E-state index in [9.17, 15) is 4.79 Å². The maximum atomic E-state index is 12.8. The van der Waals surface area contributed by atoms with Crippen molar-refractivity contribution in [2.45, 2.75) is 6.54 Å². The van der Waals surface area contributed by atoms with Crippen LogP contribution in [0.4, 0.5) is 0 Å².